The zero-order valence-electron chi connectivity index (χ0n) is 8.68. The smallest absolute Gasteiger partial charge is 0.125 e. The second-order valence-electron chi connectivity index (χ2n) is 3.32. The van der Waals surface area contributed by atoms with Gasteiger partial charge in [-0.1, -0.05) is 18.2 Å². The summed E-state index contributed by atoms with van der Waals surface area (Å²) >= 11 is 4.98. The Kier molecular flexibility index (Phi) is 3.63. The van der Waals surface area contributed by atoms with Crippen LogP contribution in [0.1, 0.15) is 17.2 Å². The number of aliphatic hydroxyl groups excluding tert-OH is 1. The fourth-order valence-electron chi connectivity index (χ4n) is 1.55. The molecule has 1 atom stereocenters. The summed E-state index contributed by atoms with van der Waals surface area (Å²) in [5.41, 5.74) is 1.65. The Morgan fingerprint density at radius 1 is 1.25 bits per heavy atom. The number of para-hydroxylation sites is 1. The van der Waals surface area contributed by atoms with Crippen molar-refractivity contribution in [3.63, 3.8) is 0 Å². The molecule has 0 radical (unpaired) electrons. The minimum Gasteiger partial charge on any atom is -0.496 e. The minimum absolute atomic E-state index is 0.656. The van der Waals surface area contributed by atoms with Crippen LogP contribution in [-0.2, 0) is 0 Å². The van der Waals surface area contributed by atoms with Crippen LogP contribution in [0.15, 0.2) is 39.5 Å². The minimum atomic E-state index is -0.656. The van der Waals surface area contributed by atoms with Gasteiger partial charge in [0.1, 0.15) is 11.9 Å². The highest BCUT2D eigenvalue weighted by Crippen LogP contribution is 2.35. The van der Waals surface area contributed by atoms with E-state index in [1.165, 1.54) is 0 Å². The first-order valence-corrected chi connectivity index (χ1v) is 6.50. The highest BCUT2D eigenvalue weighted by atomic mass is 79.9. The van der Waals surface area contributed by atoms with Crippen LogP contribution in [0, 0.1) is 0 Å². The van der Waals surface area contributed by atoms with Crippen LogP contribution in [0.4, 0.5) is 0 Å². The van der Waals surface area contributed by atoms with E-state index in [1.54, 1.807) is 18.4 Å². The van der Waals surface area contributed by atoms with Gasteiger partial charge in [-0.05, 0) is 27.4 Å². The molecule has 2 nitrogen and oxygen atoms in total. The highest BCUT2D eigenvalue weighted by molar-refractivity contribution is 9.10. The van der Waals surface area contributed by atoms with Crippen molar-refractivity contribution in [3.8, 4) is 5.75 Å². The van der Waals surface area contributed by atoms with E-state index in [-0.39, 0.29) is 0 Å². The van der Waals surface area contributed by atoms with Gasteiger partial charge in [0.2, 0.25) is 0 Å². The lowest BCUT2D eigenvalue weighted by atomic mass is 10.0. The quantitative estimate of drug-likeness (QED) is 0.938. The Morgan fingerprint density at radius 3 is 2.62 bits per heavy atom. The SMILES string of the molecule is COc1ccccc1C(O)c1cscc1Br. The normalized spacial score (nSPS) is 12.4. The molecule has 0 aliphatic carbocycles. The molecule has 2 rings (SSSR count). The summed E-state index contributed by atoms with van der Waals surface area (Å²) in [7, 11) is 1.61. The molecule has 1 heterocycles. The molecule has 16 heavy (non-hydrogen) atoms. The number of aliphatic hydroxyl groups is 1. The number of thiophene rings is 1. The van der Waals surface area contributed by atoms with Crippen LogP contribution in [0.3, 0.4) is 0 Å². The standard InChI is InChI=1S/C12H11BrO2S/c1-15-11-5-3-2-4-8(11)12(14)9-6-16-7-10(9)13/h2-7,12,14H,1H3. The predicted molar refractivity (Wildman–Crippen MR) is 69.1 cm³/mol. The number of ether oxygens (including phenoxy) is 1. The van der Waals surface area contributed by atoms with Gasteiger partial charge in [0, 0.05) is 21.0 Å². The Bertz CT molecular complexity index is 481. The summed E-state index contributed by atoms with van der Waals surface area (Å²) in [6.07, 6.45) is -0.656. The first-order valence-electron chi connectivity index (χ1n) is 4.76. The van der Waals surface area contributed by atoms with Crippen molar-refractivity contribution in [3.05, 3.63) is 50.6 Å². The zero-order chi connectivity index (χ0) is 11.5. The van der Waals surface area contributed by atoms with E-state index >= 15 is 0 Å². The Hall–Kier alpha value is -0.840. The molecule has 0 fully saturated rings. The van der Waals surface area contributed by atoms with Gasteiger partial charge < -0.3 is 9.84 Å². The Labute approximate surface area is 107 Å². The summed E-state index contributed by atoms with van der Waals surface area (Å²) in [5, 5.41) is 14.2. The lowest BCUT2D eigenvalue weighted by molar-refractivity contribution is 0.214. The Balaban J connectivity index is 2.41. The fourth-order valence-corrected chi connectivity index (χ4v) is 3.08. The van der Waals surface area contributed by atoms with E-state index < -0.39 is 6.10 Å². The van der Waals surface area contributed by atoms with Crippen molar-refractivity contribution in [2.75, 3.05) is 7.11 Å². The predicted octanol–water partition coefficient (Wildman–Crippen LogP) is 3.60. The summed E-state index contributed by atoms with van der Waals surface area (Å²) < 4.78 is 6.16. The van der Waals surface area contributed by atoms with Crippen molar-refractivity contribution in [2.45, 2.75) is 6.10 Å². The second-order valence-corrected chi connectivity index (χ2v) is 4.92. The van der Waals surface area contributed by atoms with E-state index in [1.807, 2.05) is 35.0 Å². The van der Waals surface area contributed by atoms with Crippen molar-refractivity contribution >= 4 is 27.3 Å². The fraction of sp³-hybridized carbons (Fsp3) is 0.167. The zero-order valence-corrected chi connectivity index (χ0v) is 11.1. The van der Waals surface area contributed by atoms with Crippen LogP contribution in [-0.4, -0.2) is 12.2 Å². The number of benzene rings is 1. The van der Waals surface area contributed by atoms with E-state index in [2.05, 4.69) is 15.9 Å². The summed E-state index contributed by atoms with van der Waals surface area (Å²) in [6.45, 7) is 0. The molecule has 84 valence electrons. The molecule has 0 bridgehead atoms. The molecule has 1 aromatic carbocycles. The maximum Gasteiger partial charge on any atom is 0.125 e. The third-order valence-electron chi connectivity index (χ3n) is 2.37. The molecule has 1 aromatic heterocycles. The largest absolute Gasteiger partial charge is 0.496 e. The van der Waals surface area contributed by atoms with E-state index in [0.717, 1.165) is 15.6 Å². The number of halogens is 1. The van der Waals surface area contributed by atoms with Gasteiger partial charge in [-0.3, -0.25) is 0 Å². The molecule has 1 unspecified atom stereocenters. The van der Waals surface area contributed by atoms with Crippen LogP contribution >= 0.6 is 27.3 Å². The van der Waals surface area contributed by atoms with Crippen LogP contribution in [0.2, 0.25) is 0 Å². The lowest BCUT2D eigenvalue weighted by Crippen LogP contribution is -2.01. The maximum absolute atomic E-state index is 10.3. The topological polar surface area (TPSA) is 29.5 Å². The van der Waals surface area contributed by atoms with Gasteiger partial charge in [-0.25, -0.2) is 0 Å². The molecule has 0 saturated heterocycles. The van der Waals surface area contributed by atoms with E-state index in [4.69, 9.17) is 4.74 Å². The first-order chi connectivity index (χ1) is 7.74. The molecule has 0 spiro atoms. The van der Waals surface area contributed by atoms with Gasteiger partial charge in [0.05, 0.1) is 7.11 Å². The van der Waals surface area contributed by atoms with Crippen molar-refractivity contribution in [1.82, 2.24) is 0 Å². The summed E-state index contributed by atoms with van der Waals surface area (Å²) in [6, 6.07) is 7.49. The Morgan fingerprint density at radius 2 is 2.00 bits per heavy atom. The molecule has 0 amide bonds. The van der Waals surface area contributed by atoms with Gasteiger partial charge in [0.15, 0.2) is 0 Å². The first kappa shape index (κ1) is 11.6. The molecular weight excluding hydrogens is 288 g/mol. The van der Waals surface area contributed by atoms with E-state index in [9.17, 15) is 5.11 Å². The number of rotatable bonds is 3. The molecule has 0 aliphatic rings. The summed E-state index contributed by atoms with van der Waals surface area (Å²) in [5.74, 6) is 0.702. The molecule has 2 aromatic rings. The highest BCUT2D eigenvalue weighted by Gasteiger charge is 2.17. The van der Waals surface area contributed by atoms with Gasteiger partial charge in [0.25, 0.3) is 0 Å². The monoisotopic (exact) mass is 298 g/mol. The van der Waals surface area contributed by atoms with Gasteiger partial charge >= 0.3 is 0 Å². The van der Waals surface area contributed by atoms with Crippen LogP contribution in [0.25, 0.3) is 0 Å². The molecule has 1 N–H and O–H groups in total. The van der Waals surface area contributed by atoms with Gasteiger partial charge in [-0.2, -0.15) is 11.3 Å². The average molecular weight is 299 g/mol. The van der Waals surface area contributed by atoms with Crippen molar-refractivity contribution in [2.24, 2.45) is 0 Å². The maximum atomic E-state index is 10.3. The van der Waals surface area contributed by atoms with Gasteiger partial charge in [-0.15, -0.1) is 0 Å². The second kappa shape index (κ2) is 4.99. The molecule has 4 heteroatoms. The molecule has 0 aliphatic heterocycles. The van der Waals surface area contributed by atoms with Crippen LogP contribution < -0.4 is 4.74 Å². The van der Waals surface area contributed by atoms with Crippen LogP contribution in [0.5, 0.6) is 5.75 Å². The third-order valence-corrected chi connectivity index (χ3v) is 4.12. The van der Waals surface area contributed by atoms with Crippen molar-refractivity contribution < 1.29 is 9.84 Å². The molecular formula is C12H11BrO2S. The number of methoxy groups -OCH3 is 1. The molecule has 0 saturated carbocycles. The number of hydrogen-bond acceptors (Lipinski definition) is 3. The van der Waals surface area contributed by atoms with E-state index in [0.29, 0.717) is 5.75 Å². The summed E-state index contributed by atoms with van der Waals surface area (Å²) in [4.78, 5) is 0. The van der Waals surface area contributed by atoms with Crippen molar-refractivity contribution in [1.29, 1.82) is 0 Å². The third kappa shape index (κ3) is 2.14. The number of hydrogen-bond donors (Lipinski definition) is 1. The lowest BCUT2D eigenvalue weighted by Gasteiger charge is -2.14. The average Bonchev–Trinajstić information content (AvgIpc) is 2.74.